The van der Waals surface area contributed by atoms with Gasteiger partial charge < -0.3 is 9.84 Å². The van der Waals surface area contributed by atoms with Gasteiger partial charge in [0.1, 0.15) is 11.9 Å². The molecule has 2 aromatic heterocycles. The second-order valence-corrected chi connectivity index (χ2v) is 3.85. The van der Waals surface area contributed by atoms with Crippen LogP contribution in [0.15, 0.2) is 37.1 Å². The number of aromatic carboxylic acids is 1. The van der Waals surface area contributed by atoms with Gasteiger partial charge in [0.2, 0.25) is 5.88 Å². The average Bonchev–Trinajstić information content (AvgIpc) is 2.45. The number of carboxylic acid groups (broad SMARTS) is 1. The van der Waals surface area contributed by atoms with E-state index < -0.39 is 5.97 Å². The number of carbonyl (C=O) groups is 1. The Balaban J connectivity index is 1.85. The van der Waals surface area contributed by atoms with Gasteiger partial charge in [-0.2, -0.15) is 0 Å². The first-order valence-electron chi connectivity index (χ1n) is 5.82. The minimum atomic E-state index is -1.09. The molecule has 2 aromatic rings. The van der Waals surface area contributed by atoms with Gasteiger partial charge in [0.05, 0.1) is 6.61 Å². The molecule has 0 unspecified atom stereocenters. The average molecular weight is 259 g/mol. The van der Waals surface area contributed by atoms with Crippen molar-refractivity contribution in [3.8, 4) is 5.88 Å². The number of aromatic nitrogens is 3. The molecule has 0 radical (unpaired) electrons. The smallest absolute Gasteiger partial charge is 0.342 e. The Labute approximate surface area is 110 Å². The monoisotopic (exact) mass is 259 g/mol. The summed E-state index contributed by atoms with van der Waals surface area (Å²) < 4.78 is 5.37. The van der Waals surface area contributed by atoms with Crippen LogP contribution in [0.1, 0.15) is 22.3 Å². The fourth-order valence-electron chi connectivity index (χ4n) is 1.57. The SMILES string of the molecule is O=C(O)c1cncnc1OCCCc1ccncc1. The van der Waals surface area contributed by atoms with Crippen LogP contribution in [0.5, 0.6) is 5.88 Å². The Morgan fingerprint density at radius 3 is 2.79 bits per heavy atom. The minimum absolute atomic E-state index is 0.0218. The molecule has 0 amide bonds. The summed E-state index contributed by atoms with van der Waals surface area (Å²) in [5.41, 5.74) is 1.14. The zero-order valence-electron chi connectivity index (χ0n) is 10.2. The molecule has 2 heterocycles. The number of hydrogen-bond acceptors (Lipinski definition) is 5. The van der Waals surface area contributed by atoms with Crippen molar-refractivity contribution in [2.24, 2.45) is 0 Å². The highest BCUT2D eigenvalue weighted by Crippen LogP contribution is 2.13. The highest BCUT2D eigenvalue weighted by molar-refractivity contribution is 5.89. The number of carboxylic acids is 1. The molecule has 98 valence electrons. The first kappa shape index (κ1) is 12.9. The van der Waals surface area contributed by atoms with E-state index in [1.54, 1.807) is 12.4 Å². The van der Waals surface area contributed by atoms with Crippen molar-refractivity contribution in [1.29, 1.82) is 0 Å². The lowest BCUT2D eigenvalue weighted by Crippen LogP contribution is -2.07. The Morgan fingerprint density at radius 2 is 2.05 bits per heavy atom. The second kappa shape index (κ2) is 6.44. The van der Waals surface area contributed by atoms with Gasteiger partial charge in [-0.25, -0.2) is 14.8 Å². The van der Waals surface area contributed by atoms with Gasteiger partial charge in [-0.3, -0.25) is 4.98 Å². The van der Waals surface area contributed by atoms with E-state index in [2.05, 4.69) is 15.0 Å². The van der Waals surface area contributed by atoms with Crippen molar-refractivity contribution in [2.75, 3.05) is 6.61 Å². The number of nitrogens with zero attached hydrogens (tertiary/aromatic N) is 3. The lowest BCUT2D eigenvalue weighted by atomic mass is 10.1. The summed E-state index contributed by atoms with van der Waals surface area (Å²) in [6.45, 7) is 0.402. The van der Waals surface area contributed by atoms with Crippen LogP contribution in [0.3, 0.4) is 0 Å². The summed E-state index contributed by atoms with van der Waals surface area (Å²) >= 11 is 0. The summed E-state index contributed by atoms with van der Waals surface area (Å²) in [5.74, 6) is -0.984. The molecular formula is C13H13N3O3. The van der Waals surface area contributed by atoms with Crippen LogP contribution in [0, 0.1) is 0 Å². The van der Waals surface area contributed by atoms with Crippen molar-refractivity contribution in [2.45, 2.75) is 12.8 Å². The van der Waals surface area contributed by atoms with E-state index in [0.717, 1.165) is 12.8 Å². The number of aryl methyl sites for hydroxylation is 1. The summed E-state index contributed by atoms with van der Waals surface area (Å²) in [4.78, 5) is 22.3. The first-order chi connectivity index (χ1) is 9.27. The molecule has 0 aliphatic carbocycles. The van der Waals surface area contributed by atoms with Crippen molar-refractivity contribution in [3.63, 3.8) is 0 Å². The standard InChI is InChI=1S/C13H13N3O3/c17-13(18)11-8-15-9-16-12(11)19-7-1-2-10-3-5-14-6-4-10/h3-6,8-9H,1-2,7H2,(H,17,18). The van der Waals surface area contributed by atoms with Gasteiger partial charge in [-0.05, 0) is 30.5 Å². The van der Waals surface area contributed by atoms with E-state index in [1.807, 2.05) is 12.1 Å². The Kier molecular flexibility index (Phi) is 4.39. The van der Waals surface area contributed by atoms with E-state index in [9.17, 15) is 4.79 Å². The maximum absolute atomic E-state index is 10.9. The normalized spacial score (nSPS) is 10.1. The van der Waals surface area contributed by atoms with Gasteiger partial charge in [0.25, 0.3) is 0 Å². The Morgan fingerprint density at radius 1 is 1.26 bits per heavy atom. The molecule has 0 aromatic carbocycles. The van der Waals surface area contributed by atoms with Gasteiger partial charge in [0.15, 0.2) is 0 Å². The molecule has 0 aliphatic heterocycles. The van der Waals surface area contributed by atoms with Crippen molar-refractivity contribution in [3.05, 3.63) is 48.2 Å². The largest absolute Gasteiger partial charge is 0.477 e. The predicted octanol–water partition coefficient (Wildman–Crippen LogP) is 1.58. The van der Waals surface area contributed by atoms with Crippen molar-refractivity contribution < 1.29 is 14.6 Å². The molecule has 0 saturated heterocycles. The van der Waals surface area contributed by atoms with Crippen LogP contribution in [-0.2, 0) is 6.42 Å². The third-order valence-electron chi connectivity index (χ3n) is 2.50. The van der Waals surface area contributed by atoms with Crippen LogP contribution in [0.25, 0.3) is 0 Å². The quantitative estimate of drug-likeness (QED) is 0.793. The number of hydrogen-bond donors (Lipinski definition) is 1. The molecule has 6 heteroatoms. The lowest BCUT2D eigenvalue weighted by molar-refractivity contribution is 0.0690. The zero-order chi connectivity index (χ0) is 13.5. The van der Waals surface area contributed by atoms with Crippen molar-refractivity contribution in [1.82, 2.24) is 15.0 Å². The maximum atomic E-state index is 10.9. The highest BCUT2D eigenvalue weighted by atomic mass is 16.5. The Bertz CT molecular complexity index is 546. The minimum Gasteiger partial charge on any atom is -0.477 e. The molecule has 19 heavy (non-hydrogen) atoms. The fraction of sp³-hybridized carbons (Fsp3) is 0.231. The molecule has 0 saturated carbocycles. The van der Waals surface area contributed by atoms with E-state index in [4.69, 9.17) is 9.84 Å². The molecule has 0 atom stereocenters. The molecule has 0 aliphatic rings. The van der Waals surface area contributed by atoms with Crippen molar-refractivity contribution >= 4 is 5.97 Å². The first-order valence-corrected chi connectivity index (χ1v) is 5.82. The lowest BCUT2D eigenvalue weighted by Gasteiger charge is -2.07. The van der Waals surface area contributed by atoms with E-state index in [0.29, 0.717) is 6.61 Å². The summed E-state index contributed by atoms with van der Waals surface area (Å²) in [6.07, 6.45) is 7.59. The molecule has 1 N–H and O–H groups in total. The molecule has 0 spiro atoms. The van der Waals surface area contributed by atoms with Crippen LogP contribution >= 0.6 is 0 Å². The van der Waals surface area contributed by atoms with Gasteiger partial charge >= 0.3 is 5.97 Å². The topological polar surface area (TPSA) is 85.2 Å². The summed E-state index contributed by atoms with van der Waals surface area (Å²) in [7, 11) is 0. The number of pyridine rings is 1. The van der Waals surface area contributed by atoms with Crippen LogP contribution in [0.4, 0.5) is 0 Å². The molecule has 0 bridgehead atoms. The zero-order valence-corrected chi connectivity index (χ0v) is 10.2. The number of rotatable bonds is 6. The number of ether oxygens (including phenoxy) is 1. The fourth-order valence-corrected chi connectivity index (χ4v) is 1.57. The van der Waals surface area contributed by atoms with Gasteiger partial charge in [0, 0.05) is 18.6 Å². The highest BCUT2D eigenvalue weighted by Gasteiger charge is 2.12. The maximum Gasteiger partial charge on any atom is 0.342 e. The van der Waals surface area contributed by atoms with Gasteiger partial charge in [-0.15, -0.1) is 0 Å². The van der Waals surface area contributed by atoms with E-state index >= 15 is 0 Å². The van der Waals surface area contributed by atoms with E-state index in [-0.39, 0.29) is 11.4 Å². The van der Waals surface area contributed by atoms with Gasteiger partial charge in [-0.1, -0.05) is 0 Å². The molecule has 0 fully saturated rings. The summed E-state index contributed by atoms with van der Waals surface area (Å²) in [5, 5.41) is 8.93. The third-order valence-corrected chi connectivity index (χ3v) is 2.50. The molecule has 6 nitrogen and oxygen atoms in total. The molecular weight excluding hydrogens is 246 g/mol. The second-order valence-electron chi connectivity index (χ2n) is 3.85. The van der Waals surface area contributed by atoms with E-state index in [1.165, 1.54) is 18.1 Å². The molecule has 2 rings (SSSR count). The predicted molar refractivity (Wildman–Crippen MR) is 67.0 cm³/mol. The van der Waals surface area contributed by atoms with Crippen LogP contribution in [-0.4, -0.2) is 32.6 Å². The van der Waals surface area contributed by atoms with Crippen LogP contribution in [0.2, 0.25) is 0 Å². The summed E-state index contributed by atoms with van der Waals surface area (Å²) in [6, 6.07) is 3.88. The van der Waals surface area contributed by atoms with Crippen LogP contribution < -0.4 is 4.74 Å². The Hall–Kier alpha value is -2.50. The third kappa shape index (κ3) is 3.74.